The first-order valence-electron chi connectivity index (χ1n) is 9.62. The molecule has 1 fully saturated rings. The van der Waals surface area contributed by atoms with Crippen LogP contribution in [0, 0.1) is 5.92 Å². The summed E-state index contributed by atoms with van der Waals surface area (Å²) in [6.45, 7) is 2.08. The summed E-state index contributed by atoms with van der Waals surface area (Å²) in [7, 11) is 1.71. The Morgan fingerprint density at radius 3 is 2.45 bits per heavy atom. The SMILES string of the molecule is CCOC(=O)/C=C/c1ccc(NC(=O)c2ccccc2N(C)C(=O)C2CC2)cc1. The summed E-state index contributed by atoms with van der Waals surface area (Å²) >= 11 is 0. The molecule has 0 atom stereocenters. The Labute approximate surface area is 170 Å². The minimum Gasteiger partial charge on any atom is -0.463 e. The molecule has 2 amide bonds. The van der Waals surface area contributed by atoms with E-state index < -0.39 is 5.97 Å². The normalized spacial score (nSPS) is 13.2. The lowest BCUT2D eigenvalue weighted by atomic mass is 10.1. The Morgan fingerprint density at radius 2 is 1.79 bits per heavy atom. The van der Waals surface area contributed by atoms with E-state index in [2.05, 4.69) is 5.32 Å². The van der Waals surface area contributed by atoms with E-state index in [0.717, 1.165) is 18.4 Å². The van der Waals surface area contributed by atoms with Crippen molar-refractivity contribution >= 4 is 35.2 Å². The number of hydrogen-bond donors (Lipinski definition) is 1. The van der Waals surface area contributed by atoms with Gasteiger partial charge in [0.15, 0.2) is 0 Å². The van der Waals surface area contributed by atoms with Crippen LogP contribution in [0.25, 0.3) is 6.08 Å². The van der Waals surface area contributed by atoms with Gasteiger partial charge in [-0.15, -0.1) is 0 Å². The van der Waals surface area contributed by atoms with Crippen LogP contribution < -0.4 is 10.2 Å². The third-order valence-corrected chi connectivity index (χ3v) is 4.63. The van der Waals surface area contributed by atoms with Gasteiger partial charge in [-0.25, -0.2) is 4.79 Å². The van der Waals surface area contributed by atoms with Gasteiger partial charge in [0.1, 0.15) is 0 Å². The summed E-state index contributed by atoms with van der Waals surface area (Å²) in [5.41, 5.74) is 2.46. The van der Waals surface area contributed by atoms with Crippen molar-refractivity contribution in [1.29, 1.82) is 0 Å². The van der Waals surface area contributed by atoms with Crippen molar-refractivity contribution in [2.24, 2.45) is 5.92 Å². The molecule has 0 unspecified atom stereocenters. The number of nitrogens with zero attached hydrogens (tertiary/aromatic N) is 1. The Bertz CT molecular complexity index is 930. The van der Waals surface area contributed by atoms with E-state index >= 15 is 0 Å². The van der Waals surface area contributed by atoms with Gasteiger partial charge in [0.2, 0.25) is 5.91 Å². The van der Waals surface area contributed by atoms with Gasteiger partial charge in [-0.2, -0.15) is 0 Å². The van der Waals surface area contributed by atoms with Crippen molar-refractivity contribution in [3.8, 4) is 0 Å². The summed E-state index contributed by atoms with van der Waals surface area (Å²) < 4.78 is 4.84. The second-order valence-corrected chi connectivity index (χ2v) is 6.85. The van der Waals surface area contributed by atoms with E-state index in [9.17, 15) is 14.4 Å². The summed E-state index contributed by atoms with van der Waals surface area (Å²) in [6.07, 6.45) is 4.83. The minimum absolute atomic E-state index is 0.0444. The number of anilines is 2. The molecular formula is C23H24N2O4. The van der Waals surface area contributed by atoms with Crippen LogP contribution in [0.2, 0.25) is 0 Å². The molecule has 6 nitrogen and oxygen atoms in total. The fraction of sp³-hybridized carbons (Fsp3) is 0.261. The maximum absolute atomic E-state index is 12.8. The van der Waals surface area contributed by atoms with Crippen molar-refractivity contribution in [2.45, 2.75) is 19.8 Å². The van der Waals surface area contributed by atoms with Crippen molar-refractivity contribution in [2.75, 3.05) is 23.9 Å². The van der Waals surface area contributed by atoms with Gasteiger partial charge in [0, 0.05) is 24.7 Å². The van der Waals surface area contributed by atoms with Gasteiger partial charge in [-0.1, -0.05) is 24.3 Å². The highest BCUT2D eigenvalue weighted by Crippen LogP contribution is 2.33. The number of amides is 2. The first-order valence-corrected chi connectivity index (χ1v) is 9.62. The molecule has 1 saturated carbocycles. The van der Waals surface area contributed by atoms with Crippen molar-refractivity contribution in [3.63, 3.8) is 0 Å². The Kier molecular flexibility index (Phi) is 6.44. The molecule has 1 aliphatic carbocycles. The Balaban J connectivity index is 1.69. The van der Waals surface area contributed by atoms with Gasteiger partial charge in [-0.3, -0.25) is 9.59 Å². The number of carbonyl (C=O) groups excluding carboxylic acids is 3. The fourth-order valence-electron chi connectivity index (χ4n) is 2.91. The molecule has 29 heavy (non-hydrogen) atoms. The highest BCUT2D eigenvalue weighted by atomic mass is 16.5. The van der Waals surface area contributed by atoms with E-state index in [0.29, 0.717) is 23.5 Å². The van der Waals surface area contributed by atoms with Crippen molar-refractivity contribution in [1.82, 2.24) is 0 Å². The highest BCUT2D eigenvalue weighted by molar-refractivity contribution is 6.11. The molecule has 1 aliphatic rings. The summed E-state index contributed by atoms with van der Waals surface area (Å²) in [5, 5.41) is 2.86. The smallest absolute Gasteiger partial charge is 0.330 e. The molecular weight excluding hydrogens is 368 g/mol. The maximum Gasteiger partial charge on any atom is 0.330 e. The van der Waals surface area contributed by atoms with E-state index in [-0.39, 0.29) is 17.7 Å². The van der Waals surface area contributed by atoms with E-state index in [1.54, 1.807) is 67.4 Å². The molecule has 0 aromatic heterocycles. The molecule has 0 spiro atoms. The zero-order valence-electron chi connectivity index (χ0n) is 16.6. The van der Waals surface area contributed by atoms with Crippen LogP contribution >= 0.6 is 0 Å². The van der Waals surface area contributed by atoms with Gasteiger partial charge >= 0.3 is 5.97 Å². The first kappa shape index (κ1) is 20.3. The van der Waals surface area contributed by atoms with Crippen molar-refractivity contribution < 1.29 is 19.1 Å². The highest BCUT2D eigenvalue weighted by Gasteiger charge is 2.33. The average Bonchev–Trinajstić information content (AvgIpc) is 3.58. The number of para-hydroxylation sites is 1. The quantitative estimate of drug-likeness (QED) is 0.573. The zero-order chi connectivity index (χ0) is 20.8. The predicted molar refractivity (Wildman–Crippen MR) is 113 cm³/mol. The maximum atomic E-state index is 12.8. The molecule has 0 aliphatic heterocycles. The van der Waals surface area contributed by atoms with Crippen LogP contribution in [0.5, 0.6) is 0 Å². The summed E-state index contributed by atoms with van der Waals surface area (Å²) in [6, 6.07) is 14.2. The molecule has 0 heterocycles. The van der Waals surface area contributed by atoms with Crippen LogP contribution in [0.3, 0.4) is 0 Å². The summed E-state index contributed by atoms with van der Waals surface area (Å²) in [5.74, 6) is -0.563. The van der Waals surface area contributed by atoms with Gasteiger partial charge < -0.3 is 15.0 Å². The monoisotopic (exact) mass is 392 g/mol. The van der Waals surface area contributed by atoms with Gasteiger partial charge in [0.05, 0.1) is 17.9 Å². The lowest BCUT2D eigenvalue weighted by Crippen LogP contribution is -2.29. The molecule has 2 aromatic carbocycles. The average molecular weight is 392 g/mol. The van der Waals surface area contributed by atoms with E-state index in [1.807, 2.05) is 6.07 Å². The molecule has 2 aromatic rings. The van der Waals surface area contributed by atoms with E-state index in [4.69, 9.17) is 4.74 Å². The number of hydrogen-bond acceptors (Lipinski definition) is 4. The summed E-state index contributed by atoms with van der Waals surface area (Å²) in [4.78, 5) is 38.1. The van der Waals surface area contributed by atoms with Crippen LogP contribution in [0.1, 0.15) is 35.7 Å². The first-order chi connectivity index (χ1) is 14.0. The third kappa shape index (κ3) is 5.31. The molecule has 6 heteroatoms. The van der Waals surface area contributed by atoms with Crippen LogP contribution in [0.4, 0.5) is 11.4 Å². The number of rotatable bonds is 7. The number of nitrogens with one attached hydrogen (secondary N) is 1. The standard InChI is InChI=1S/C23H24N2O4/c1-3-29-21(26)15-10-16-8-13-18(14-9-16)24-22(27)19-6-4-5-7-20(19)25(2)23(28)17-11-12-17/h4-10,13-15,17H,3,11-12H2,1-2H3,(H,24,27)/b15-10+. The van der Waals surface area contributed by atoms with Crippen LogP contribution in [-0.4, -0.2) is 31.4 Å². The topological polar surface area (TPSA) is 75.7 Å². The molecule has 3 rings (SSSR count). The zero-order valence-corrected chi connectivity index (χ0v) is 16.6. The lowest BCUT2D eigenvalue weighted by Gasteiger charge is -2.20. The molecule has 0 bridgehead atoms. The largest absolute Gasteiger partial charge is 0.463 e. The molecule has 150 valence electrons. The third-order valence-electron chi connectivity index (χ3n) is 4.63. The Hall–Kier alpha value is -3.41. The predicted octanol–water partition coefficient (Wildman–Crippen LogP) is 3.89. The van der Waals surface area contributed by atoms with Gasteiger partial charge in [-0.05, 0) is 55.7 Å². The number of esters is 1. The minimum atomic E-state index is -0.397. The Morgan fingerprint density at radius 1 is 1.10 bits per heavy atom. The lowest BCUT2D eigenvalue weighted by molar-refractivity contribution is -0.137. The van der Waals surface area contributed by atoms with Crippen LogP contribution in [-0.2, 0) is 14.3 Å². The van der Waals surface area contributed by atoms with Crippen LogP contribution in [0.15, 0.2) is 54.6 Å². The second-order valence-electron chi connectivity index (χ2n) is 6.85. The number of ether oxygens (including phenoxy) is 1. The molecule has 0 saturated heterocycles. The van der Waals surface area contributed by atoms with Crippen molar-refractivity contribution in [3.05, 3.63) is 65.7 Å². The number of carbonyl (C=O) groups is 3. The molecule has 1 N–H and O–H groups in total. The molecule has 0 radical (unpaired) electrons. The second kappa shape index (κ2) is 9.19. The van der Waals surface area contributed by atoms with Gasteiger partial charge in [0.25, 0.3) is 5.91 Å². The number of benzene rings is 2. The fourth-order valence-corrected chi connectivity index (χ4v) is 2.91. The van der Waals surface area contributed by atoms with E-state index in [1.165, 1.54) is 6.08 Å².